The Morgan fingerprint density at radius 1 is 1.33 bits per heavy atom. The van der Waals surface area contributed by atoms with Gasteiger partial charge in [-0.25, -0.2) is 4.98 Å². The zero-order valence-corrected chi connectivity index (χ0v) is 9.68. The maximum atomic E-state index is 11.7. The minimum Gasteiger partial charge on any atom is -0.397 e. The third kappa shape index (κ3) is 1.69. The van der Waals surface area contributed by atoms with Gasteiger partial charge < -0.3 is 11.1 Å². The van der Waals surface area contributed by atoms with E-state index in [0.29, 0.717) is 23.5 Å². The summed E-state index contributed by atoms with van der Waals surface area (Å²) in [7, 11) is 0. The summed E-state index contributed by atoms with van der Waals surface area (Å²) in [6.45, 7) is 0.615. The molecule has 90 valence electrons. The normalized spacial score (nSPS) is 13.9. The molecule has 2 aromatic rings. The minimum atomic E-state index is -0.108. The lowest BCUT2D eigenvalue weighted by Crippen LogP contribution is -2.32. The number of nitrogens with one attached hydrogen (secondary N) is 1. The van der Waals surface area contributed by atoms with Gasteiger partial charge in [-0.1, -0.05) is 6.07 Å². The fourth-order valence-electron chi connectivity index (χ4n) is 2.05. The van der Waals surface area contributed by atoms with E-state index in [2.05, 4.69) is 15.3 Å². The zero-order chi connectivity index (χ0) is 12.5. The predicted molar refractivity (Wildman–Crippen MR) is 67.9 cm³/mol. The lowest BCUT2D eigenvalue weighted by Gasteiger charge is -2.17. The van der Waals surface area contributed by atoms with Gasteiger partial charge in [-0.3, -0.25) is 9.78 Å². The van der Waals surface area contributed by atoms with Gasteiger partial charge in [0.1, 0.15) is 5.69 Å². The average Bonchev–Trinajstić information content (AvgIpc) is 2.40. The van der Waals surface area contributed by atoms with Crippen molar-refractivity contribution in [2.45, 2.75) is 6.42 Å². The van der Waals surface area contributed by atoms with Gasteiger partial charge in [-0.15, -0.1) is 0 Å². The molecule has 2 aromatic heterocycles. The first-order valence-corrected chi connectivity index (χ1v) is 5.74. The topological polar surface area (TPSA) is 80.9 Å². The molecule has 0 radical (unpaired) electrons. The lowest BCUT2D eigenvalue weighted by atomic mass is 10.0. The number of carbonyl (C=O) groups excluding carboxylic acids is 1. The van der Waals surface area contributed by atoms with Crippen molar-refractivity contribution < 1.29 is 4.79 Å². The molecule has 0 aliphatic carbocycles. The molecule has 1 amide bonds. The van der Waals surface area contributed by atoms with E-state index >= 15 is 0 Å². The molecule has 0 spiro atoms. The molecule has 1 aliphatic rings. The van der Waals surface area contributed by atoms with Crippen molar-refractivity contribution in [2.24, 2.45) is 0 Å². The second-order valence-electron chi connectivity index (χ2n) is 4.14. The number of nitrogens with zero attached hydrogens (tertiary/aromatic N) is 2. The first-order valence-electron chi connectivity index (χ1n) is 5.74. The number of rotatable bonds is 1. The van der Waals surface area contributed by atoms with Crippen LogP contribution in [-0.4, -0.2) is 22.4 Å². The molecule has 5 nitrogen and oxygen atoms in total. The van der Waals surface area contributed by atoms with E-state index in [9.17, 15) is 4.79 Å². The van der Waals surface area contributed by atoms with Crippen LogP contribution >= 0.6 is 0 Å². The van der Waals surface area contributed by atoms with Gasteiger partial charge in [-0.05, 0) is 18.2 Å². The fourth-order valence-corrected chi connectivity index (χ4v) is 2.05. The Kier molecular flexibility index (Phi) is 2.44. The molecule has 3 rings (SSSR count). The molecule has 0 fully saturated rings. The Bertz CT molecular complexity index is 610. The first kappa shape index (κ1) is 10.7. The smallest absolute Gasteiger partial charge is 0.253 e. The highest BCUT2D eigenvalue weighted by atomic mass is 16.1. The molecule has 1 aliphatic heterocycles. The average molecular weight is 240 g/mol. The molecule has 0 saturated carbocycles. The molecule has 0 unspecified atom stereocenters. The van der Waals surface area contributed by atoms with Gasteiger partial charge in [0.05, 0.1) is 22.6 Å². The van der Waals surface area contributed by atoms with E-state index < -0.39 is 0 Å². The van der Waals surface area contributed by atoms with Gasteiger partial charge in [0.2, 0.25) is 0 Å². The SMILES string of the molecule is Nc1cc2c(nc1-c1ccccn1)CCNC2=O. The monoisotopic (exact) mass is 240 g/mol. The van der Waals surface area contributed by atoms with Crippen molar-refractivity contribution in [1.29, 1.82) is 0 Å². The van der Waals surface area contributed by atoms with Crippen molar-refractivity contribution >= 4 is 11.6 Å². The number of hydrogen-bond acceptors (Lipinski definition) is 4. The van der Waals surface area contributed by atoms with E-state index in [1.807, 2.05) is 18.2 Å². The summed E-state index contributed by atoms with van der Waals surface area (Å²) in [6.07, 6.45) is 2.42. The predicted octanol–water partition coefficient (Wildman–Crippen LogP) is 1.01. The number of amides is 1. The number of aromatic nitrogens is 2. The van der Waals surface area contributed by atoms with Crippen LogP contribution in [-0.2, 0) is 6.42 Å². The van der Waals surface area contributed by atoms with Crippen molar-refractivity contribution in [3.63, 3.8) is 0 Å². The molecule has 0 aromatic carbocycles. The summed E-state index contributed by atoms with van der Waals surface area (Å²) in [6, 6.07) is 7.26. The van der Waals surface area contributed by atoms with Gasteiger partial charge in [0, 0.05) is 19.2 Å². The van der Waals surface area contributed by atoms with E-state index in [1.54, 1.807) is 12.3 Å². The van der Waals surface area contributed by atoms with E-state index in [1.165, 1.54) is 0 Å². The van der Waals surface area contributed by atoms with Crippen LogP contribution in [0.2, 0.25) is 0 Å². The van der Waals surface area contributed by atoms with Gasteiger partial charge in [0.25, 0.3) is 5.91 Å². The second-order valence-corrected chi connectivity index (χ2v) is 4.14. The molecule has 5 heteroatoms. The van der Waals surface area contributed by atoms with Gasteiger partial charge in [0.15, 0.2) is 0 Å². The van der Waals surface area contributed by atoms with Gasteiger partial charge in [-0.2, -0.15) is 0 Å². The third-order valence-corrected chi connectivity index (χ3v) is 2.93. The number of hydrogen-bond donors (Lipinski definition) is 2. The van der Waals surface area contributed by atoms with E-state index in [-0.39, 0.29) is 5.91 Å². The number of carbonyl (C=O) groups is 1. The second kappa shape index (κ2) is 4.10. The maximum Gasteiger partial charge on any atom is 0.253 e. The van der Waals surface area contributed by atoms with Crippen molar-refractivity contribution in [3.05, 3.63) is 41.7 Å². The Balaban J connectivity index is 2.15. The number of fused-ring (bicyclic) bond motifs is 1. The Morgan fingerprint density at radius 2 is 2.22 bits per heavy atom. The van der Waals surface area contributed by atoms with E-state index in [0.717, 1.165) is 17.8 Å². The molecule has 0 bridgehead atoms. The number of nitrogens with two attached hydrogens (primary N) is 1. The van der Waals surface area contributed by atoms with Crippen molar-refractivity contribution in [1.82, 2.24) is 15.3 Å². The number of nitrogen functional groups attached to an aromatic ring is 1. The van der Waals surface area contributed by atoms with Crippen LogP contribution in [0.4, 0.5) is 5.69 Å². The highest BCUT2D eigenvalue weighted by Gasteiger charge is 2.20. The molecule has 0 atom stereocenters. The molecular weight excluding hydrogens is 228 g/mol. The molecule has 3 heterocycles. The summed E-state index contributed by atoms with van der Waals surface area (Å²) < 4.78 is 0. The van der Waals surface area contributed by atoms with Crippen LogP contribution in [0, 0.1) is 0 Å². The summed E-state index contributed by atoms with van der Waals surface area (Å²) in [5.41, 5.74) is 9.15. The zero-order valence-electron chi connectivity index (χ0n) is 9.68. The molecule has 0 saturated heterocycles. The highest BCUT2D eigenvalue weighted by molar-refractivity contribution is 5.97. The summed E-state index contributed by atoms with van der Waals surface area (Å²) in [4.78, 5) is 20.4. The van der Waals surface area contributed by atoms with Crippen molar-refractivity contribution in [3.8, 4) is 11.4 Å². The largest absolute Gasteiger partial charge is 0.397 e. The minimum absolute atomic E-state index is 0.108. The fraction of sp³-hybridized carbons (Fsp3) is 0.154. The maximum absolute atomic E-state index is 11.7. The third-order valence-electron chi connectivity index (χ3n) is 2.93. The van der Waals surface area contributed by atoms with Crippen LogP contribution < -0.4 is 11.1 Å². The number of anilines is 1. The van der Waals surface area contributed by atoms with Gasteiger partial charge >= 0.3 is 0 Å². The molecule has 3 N–H and O–H groups in total. The van der Waals surface area contributed by atoms with Crippen LogP contribution in [0.1, 0.15) is 16.1 Å². The van der Waals surface area contributed by atoms with E-state index in [4.69, 9.17) is 5.73 Å². The summed E-state index contributed by atoms with van der Waals surface area (Å²) in [5.74, 6) is -0.108. The Morgan fingerprint density at radius 3 is 3.00 bits per heavy atom. The number of pyridine rings is 2. The lowest BCUT2D eigenvalue weighted by molar-refractivity contribution is 0.0945. The standard InChI is InChI=1S/C13H12N4O/c14-9-7-8-10(4-6-16-13(8)18)17-12(9)11-3-1-2-5-15-11/h1-3,5,7H,4,6,14H2,(H,16,18). The van der Waals surface area contributed by atoms with Crippen LogP contribution in [0.3, 0.4) is 0 Å². The Labute approximate surface area is 104 Å². The molecule has 18 heavy (non-hydrogen) atoms. The highest BCUT2D eigenvalue weighted by Crippen LogP contribution is 2.25. The summed E-state index contributed by atoms with van der Waals surface area (Å²) in [5, 5.41) is 2.77. The van der Waals surface area contributed by atoms with Crippen LogP contribution in [0.5, 0.6) is 0 Å². The van der Waals surface area contributed by atoms with Crippen molar-refractivity contribution in [2.75, 3.05) is 12.3 Å². The summed E-state index contributed by atoms with van der Waals surface area (Å²) >= 11 is 0. The molecular formula is C13H12N4O. The Hall–Kier alpha value is -2.43. The quantitative estimate of drug-likeness (QED) is 0.779. The first-order chi connectivity index (χ1) is 8.75. The van der Waals surface area contributed by atoms with Crippen LogP contribution in [0.25, 0.3) is 11.4 Å². The van der Waals surface area contributed by atoms with Crippen LogP contribution in [0.15, 0.2) is 30.5 Å².